The van der Waals surface area contributed by atoms with E-state index in [-0.39, 0.29) is 0 Å². The normalized spacial score (nSPS) is 10.7. The lowest BCUT2D eigenvalue weighted by molar-refractivity contribution is 0.450. The molecule has 0 saturated carbocycles. The second-order valence-corrected chi connectivity index (χ2v) is 3.65. The van der Waals surface area contributed by atoms with Gasteiger partial charge in [0.05, 0.1) is 5.69 Å². The fraction of sp³-hybridized carbons (Fsp3) is 0.125. The maximum Gasteiger partial charge on any atom is 0.167 e. The maximum absolute atomic E-state index is 5.05. The first-order valence-corrected chi connectivity index (χ1v) is 4.37. The Kier molecular flexibility index (Phi) is 1.60. The molecule has 0 aliphatic heterocycles. The van der Waals surface area contributed by atoms with Gasteiger partial charge in [0, 0.05) is 8.96 Å². The van der Waals surface area contributed by atoms with Gasteiger partial charge in [-0.15, -0.1) is 0 Å². The minimum absolute atomic E-state index is 0.864. The molecule has 2 aromatic rings. The number of aromatic nitrogens is 1. The third-order valence-corrected chi connectivity index (χ3v) is 2.28. The molecule has 0 amide bonds. The summed E-state index contributed by atoms with van der Waals surface area (Å²) in [7, 11) is 0. The second kappa shape index (κ2) is 2.48. The molecular formula is C8H6INO. The van der Waals surface area contributed by atoms with E-state index in [9.17, 15) is 0 Å². The Morgan fingerprint density at radius 2 is 2.27 bits per heavy atom. The number of benzene rings is 1. The molecule has 0 N–H and O–H groups in total. The Hall–Kier alpha value is -0.580. The molecule has 0 saturated heterocycles. The van der Waals surface area contributed by atoms with Crippen LogP contribution in [0.1, 0.15) is 5.69 Å². The van der Waals surface area contributed by atoms with E-state index in [1.807, 2.05) is 19.1 Å². The lowest BCUT2D eigenvalue weighted by atomic mass is 10.2. The van der Waals surface area contributed by atoms with Crippen molar-refractivity contribution in [1.29, 1.82) is 0 Å². The molecular weight excluding hydrogens is 253 g/mol. The van der Waals surface area contributed by atoms with E-state index in [1.54, 1.807) is 0 Å². The zero-order valence-electron chi connectivity index (χ0n) is 5.97. The molecule has 0 bridgehead atoms. The fourth-order valence-electron chi connectivity index (χ4n) is 1.03. The minimum atomic E-state index is 0.864. The summed E-state index contributed by atoms with van der Waals surface area (Å²) in [6, 6.07) is 6.02. The summed E-state index contributed by atoms with van der Waals surface area (Å²) in [5, 5.41) is 4.97. The van der Waals surface area contributed by atoms with Crippen LogP contribution in [0.3, 0.4) is 0 Å². The highest BCUT2D eigenvalue weighted by Crippen LogP contribution is 2.19. The molecule has 0 spiro atoms. The number of aryl methyl sites for hydroxylation is 1. The van der Waals surface area contributed by atoms with Crippen LogP contribution in [-0.4, -0.2) is 5.16 Å². The first kappa shape index (κ1) is 7.09. The van der Waals surface area contributed by atoms with Crippen molar-refractivity contribution in [3.8, 4) is 0 Å². The molecule has 11 heavy (non-hydrogen) atoms. The summed E-state index contributed by atoms with van der Waals surface area (Å²) < 4.78 is 6.26. The number of rotatable bonds is 0. The summed E-state index contributed by atoms with van der Waals surface area (Å²) in [6.45, 7) is 1.95. The predicted molar refractivity (Wildman–Crippen MR) is 51.5 cm³/mol. The van der Waals surface area contributed by atoms with Gasteiger partial charge in [-0.3, -0.25) is 0 Å². The highest BCUT2D eigenvalue weighted by Gasteiger charge is 2.02. The Labute approximate surface area is 77.7 Å². The zero-order valence-corrected chi connectivity index (χ0v) is 8.12. The molecule has 1 aromatic carbocycles. The lowest BCUT2D eigenvalue weighted by Gasteiger charge is -1.88. The fourth-order valence-corrected chi connectivity index (χ4v) is 1.52. The van der Waals surface area contributed by atoms with Crippen LogP contribution in [0, 0.1) is 10.5 Å². The topological polar surface area (TPSA) is 26.0 Å². The number of hydrogen-bond donors (Lipinski definition) is 0. The van der Waals surface area contributed by atoms with Gasteiger partial charge in [-0.25, -0.2) is 0 Å². The van der Waals surface area contributed by atoms with Crippen molar-refractivity contribution in [3.63, 3.8) is 0 Å². The average molecular weight is 259 g/mol. The SMILES string of the molecule is Cc1noc2ccc(I)cc12. The molecule has 0 aliphatic rings. The van der Waals surface area contributed by atoms with Crippen molar-refractivity contribution in [2.45, 2.75) is 6.92 Å². The molecule has 0 unspecified atom stereocenters. The molecule has 0 aliphatic carbocycles. The van der Waals surface area contributed by atoms with Crippen molar-refractivity contribution in [2.75, 3.05) is 0 Å². The Morgan fingerprint density at radius 3 is 3.09 bits per heavy atom. The van der Waals surface area contributed by atoms with E-state index in [0.717, 1.165) is 16.7 Å². The quantitative estimate of drug-likeness (QED) is 0.680. The van der Waals surface area contributed by atoms with Crippen LogP contribution in [0.25, 0.3) is 11.0 Å². The van der Waals surface area contributed by atoms with Crippen LogP contribution in [0.2, 0.25) is 0 Å². The van der Waals surface area contributed by atoms with Crippen molar-refractivity contribution in [3.05, 3.63) is 27.5 Å². The van der Waals surface area contributed by atoms with E-state index >= 15 is 0 Å². The molecule has 0 fully saturated rings. The molecule has 2 rings (SSSR count). The van der Waals surface area contributed by atoms with Crippen molar-refractivity contribution >= 4 is 33.6 Å². The number of fused-ring (bicyclic) bond motifs is 1. The summed E-state index contributed by atoms with van der Waals surface area (Å²) >= 11 is 2.27. The largest absolute Gasteiger partial charge is 0.356 e. The lowest BCUT2D eigenvalue weighted by Crippen LogP contribution is -1.71. The number of hydrogen-bond acceptors (Lipinski definition) is 2. The maximum atomic E-state index is 5.05. The summed E-state index contributed by atoms with van der Waals surface area (Å²) in [5.41, 5.74) is 1.82. The highest BCUT2D eigenvalue weighted by molar-refractivity contribution is 14.1. The summed E-state index contributed by atoms with van der Waals surface area (Å²) in [4.78, 5) is 0. The number of nitrogens with zero attached hydrogens (tertiary/aromatic N) is 1. The van der Waals surface area contributed by atoms with Crippen LogP contribution in [0.5, 0.6) is 0 Å². The van der Waals surface area contributed by atoms with Gasteiger partial charge in [-0.1, -0.05) is 5.16 Å². The van der Waals surface area contributed by atoms with E-state index in [1.165, 1.54) is 3.57 Å². The third kappa shape index (κ3) is 1.13. The van der Waals surface area contributed by atoms with Crippen LogP contribution in [-0.2, 0) is 0 Å². The van der Waals surface area contributed by atoms with Gasteiger partial charge in [0.2, 0.25) is 0 Å². The molecule has 56 valence electrons. The van der Waals surface area contributed by atoms with Crippen LogP contribution in [0.15, 0.2) is 22.7 Å². The van der Waals surface area contributed by atoms with Gasteiger partial charge < -0.3 is 4.52 Å². The first-order valence-electron chi connectivity index (χ1n) is 3.29. The van der Waals surface area contributed by atoms with Crippen LogP contribution < -0.4 is 0 Å². The van der Waals surface area contributed by atoms with Crippen molar-refractivity contribution in [1.82, 2.24) is 5.16 Å². The minimum Gasteiger partial charge on any atom is -0.356 e. The molecule has 0 radical (unpaired) electrons. The van der Waals surface area contributed by atoms with Gasteiger partial charge in [0.1, 0.15) is 0 Å². The van der Waals surface area contributed by atoms with Crippen molar-refractivity contribution < 1.29 is 4.52 Å². The summed E-state index contributed by atoms with van der Waals surface area (Å²) in [5.74, 6) is 0. The van der Waals surface area contributed by atoms with Gasteiger partial charge in [-0.2, -0.15) is 0 Å². The van der Waals surface area contributed by atoms with Gasteiger partial charge in [0.25, 0.3) is 0 Å². The molecule has 3 heteroatoms. The monoisotopic (exact) mass is 259 g/mol. The average Bonchev–Trinajstić information content (AvgIpc) is 2.33. The first-order chi connectivity index (χ1) is 5.27. The molecule has 1 aromatic heterocycles. The Bertz CT molecular complexity index is 394. The molecule has 0 atom stereocenters. The van der Waals surface area contributed by atoms with Crippen LogP contribution in [0.4, 0.5) is 0 Å². The van der Waals surface area contributed by atoms with Crippen molar-refractivity contribution in [2.24, 2.45) is 0 Å². The third-order valence-electron chi connectivity index (χ3n) is 1.61. The molecule has 2 nitrogen and oxygen atoms in total. The smallest absolute Gasteiger partial charge is 0.167 e. The van der Waals surface area contributed by atoms with E-state index in [4.69, 9.17) is 4.52 Å². The Morgan fingerprint density at radius 1 is 1.45 bits per heavy atom. The van der Waals surface area contributed by atoms with Crippen LogP contribution >= 0.6 is 22.6 Å². The number of halogens is 1. The standard InChI is InChI=1S/C8H6INO/c1-5-7-4-6(9)2-3-8(7)11-10-5/h2-4H,1H3. The van der Waals surface area contributed by atoms with E-state index in [0.29, 0.717) is 0 Å². The predicted octanol–water partition coefficient (Wildman–Crippen LogP) is 2.74. The van der Waals surface area contributed by atoms with Gasteiger partial charge >= 0.3 is 0 Å². The highest BCUT2D eigenvalue weighted by atomic mass is 127. The molecule has 1 heterocycles. The van der Waals surface area contributed by atoms with Gasteiger partial charge in [-0.05, 0) is 47.7 Å². The second-order valence-electron chi connectivity index (χ2n) is 2.41. The zero-order chi connectivity index (χ0) is 7.84. The summed E-state index contributed by atoms with van der Waals surface area (Å²) in [6.07, 6.45) is 0. The van der Waals surface area contributed by atoms with E-state index in [2.05, 4.69) is 33.8 Å². The van der Waals surface area contributed by atoms with E-state index < -0.39 is 0 Å². The van der Waals surface area contributed by atoms with Gasteiger partial charge in [0.15, 0.2) is 5.58 Å². The Balaban J connectivity index is 2.87.